The van der Waals surface area contributed by atoms with Gasteiger partial charge in [0.15, 0.2) is 0 Å². The Morgan fingerprint density at radius 1 is 1.04 bits per heavy atom. The molecule has 120 valence electrons. The molecule has 2 rings (SSSR count). The number of carbonyl (C=O) groups is 2. The zero-order valence-corrected chi connectivity index (χ0v) is 13.6. The minimum absolute atomic E-state index is 0.0304. The number of rotatable bonds is 6. The van der Waals surface area contributed by atoms with Gasteiger partial charge in [-0.3, -0.25) is 9.59 Å². The first kappa shape index (κ1) is 16.7. The van der Waals surface area contributed by atoms with Crippen molar-refractivity contribution in [3.63, 3.8) is 0 Å². The maximum absolute atomic E-state index is 12.1. The van der Waals surface area contributed by atoms with Crippen molar-refractivity contribution in [2.75, 3.05) is 11.9 Å². The van der Waals surface area contributed by atoms with Crippen LogP contribution in [0.5, 0.6) is 0 Å². The highest BCUT2D eigenvalue weighted by Gasteiger charge is 2.12. The van der Waals surface area contributed by atoms with Crippen molar-refractivity contribution in [2.24, 2.45) is 0 Å². The molecule has 2 aromatic rings. The minimum atomic E-state index is -0.0880. The molecule has 0 aliphatic heterocycles. The Kier molecular flexibility index (Phi) is 5.92. The third-order valence-corrected chi connectivity index (χ3v) is 3.57. The van der Waals surface area contributed by atoms with Crippen molar-refractivity contribution in [1.29, 1.82) is 0 Å². The van der Waals surface area contributed by atoms with Crippen LogP contribution in [-0.4, -0.2) is 23.3 Å². The number of hydrogen-bond donors (Lipinski definition) is 1. The third-order valence-electron chi connectivity index (χ3n) is 3.57. The van der Waals surface area contributed by atoms with Gasteiger partial charge in [-0.1, -0.05) is 42.5 Å². The van der Waals surface area contributed by atoms with Gasteiger partial charge in [-0.05, 0) is 30.2 Å². The van der Waals surface area contributed by atoms with Gasteiger partial charge < -0.3 is 10.2 Å². The molecule has 23 heavy (non-hydrogen) atoms. The summed E-state index contributed by atoms with van der Waals surface area (Å²) in [4.78, 5) is 25.5. The van der Waals surface area contributed by atoms with E-state index in [4.69, 9.17) is 0 Å². The molecule has 2 amide bonds. The van der Waals surface area contributed by atoms with E-state index in [0.29, 0.717) is 13.1 Å². The van der Waals surface area contributed by atoms with Gasteiger partial charge >= 0.3 is 0 Å². The molecule has 0 saturated carbocycles. The zero-order valence-electron chi connectivity index (χ0n) is 13.6. The number of aryl methyl sites for hydroxylation is 1. The quantitative estimate of drug-likeness (QED) is 0.889. The highest BCUT2D eigenvalue weighted by molar-refractivity contribution is 5.91. The van der Waals surface area contributed by atoms with E-state index in [1.165, 1.54) is 6.92 Å². The molecular formula is C19H22N2O2. The summed E-state index contributed by atoms with van der Waals surface area (Å²) in [6, 6.07) is 17.4. The SMILES string of the molecule is CC(=O)N(CCC(=O)Nc1cccc(C)c1)Cc1ccccc1. The van der Waals surface area contributed by atoms with E-state index >= 15 is 0 Å². The summed E-state index contributed by atoms with van der Waals surface area (Å²) in [6.45, 7) is 4.43. The summed E-state index contributed by atoms with van der Waals surface area (Å²) in [6.07, 6.45) is 0.278. The molecule has 0 aliphatic rings. The molecule has 0 bridgehead atoms. The van der Waals surface area contributed by atoms with E-state index in [1.54, 1.807) is 4.90 Å². The number of anilines is 1. The van der Waals surface area contributed by atoms with Gasteiger partial charge in [-0.25, -0.2) is 0 Å². The van der Waals surface area contributed by atoms with Crippen LogP contribution in [0, 0.1) is 6.92 Å². The highest BCUT2D eigenvalue weighted by atomic mass is 16.2. The van der Waals surface area contributed by atoms with E-state index < -0.39 is 0 Å². The maximum atomic E-state index is 12.1. The second-order valence-electron chi connectivity index (χ2n) is 5.59. The molecule has 0 spiro atoms. The first-order valence-corrected chi connectivity index (χ1v) is 7.70. The number of nitrogens with zero attached hydrogens (tertiary/aromatic N) is 1. The van der Waals surface area contributed by atoms with Crippen LogP contribution < -0.4 is 5.32 Å². The molecule has 0 saturated heterocycles. The molecule has 0 atom stereocenters. The number of hydrogen-bond acceptors (Lipinski definition) is 2. The van der Waals surface area contributed by atoms with Gasteiger partial charge in [-0.15, -0.1) is 0 Å². The van der Waals surface area contributed by atoms with Crippen LogP contribution in [0.3, 0.4) is 0 Å². The van der Waals surface area contributed by atoms with Crippen LogP contribution in [-0.2, 0) is 16.1 Å². The predicted molar refractivity (Wildman–Crippen MR) is 92.0 cm³/mol. The summed E-state index contributed by atoms with van der Waals surface area (Å²) in [5.41, 5.74) is 2.94. The maximum Gasteiger partial charge on any atom is 0.226 e. The lowest BCUT2D eigenvalue weighted by molar-refractivity contribution is -0.129. The summed E-state index contributed by atoms with van der Waals surface area (Å²) in [7, 11) is 0. The van der Waals surface area contributed by atoms with Gasteiger partial charge in [0.2, 0.25) is 11.8 Å². The average Bonchev–Trinajstić information content (AvgIpc) is 2.52. The summed E-state index contributed by atoms with van der Waals surface area (Å²) < 4.78 is 0. The van der Waals surface area contributed by atoms with Gasteiger partial charge in [0.1, 0.15) is 0 Å². The zero-order chi connectivity index (χ0) is 16.7. The molecule has 4 nitrogen and oxygen atoms in total. The summed E-state index contributed by atoms with van der Waals surface area (Å²) in [5.74, 6) is -0.118. The summed E-state index contributed by atoms with van der Waals surface area (Å²) in [5, 5.41) is 2.86. The molecule has 2 aromatic carbocycles. The van der Waals surface area contributed by atoms with Crippen LogP contribution in [0.15, 0.2) is 54.6 Å². The monoisotopic (exact) mass is 310 g/mol. The fourth-order valence-corrected chi connectivity index (χ4v) is 2.33. The molecule has 0 radical (unpaired) electrons. The highest BCUT2D eigenvalue weighted by Crippen LogP contribution is 2.10. The Morgan fingerprint density at radius 2 is 1.78 bits per heavy atom. The van der Waals surface area contributed by atoms with Crippen molar-refractivity contribution in [1.82, 2.24) is 4.90 Å². The topological polar surface area (TPSA) is 49.4 Å². The van der Waals surface area contributed by atoms with Gasteiger partial charge in [-0.2, -0.15) is 0 Å². The lowest BCUT2D eigenvalue weighted by Crippen LogP contribution is -2.31. The Hall–Kier alpha value is -2.62. The smallest absolute Gasteiger partial charge is 0.226 e. The Bertz CT molecular complexity index is 668. The number of benzene rings is 2. The largest absolute Gasteiger partial charge is 0.338 e. The van der Waals surface area contributed by atoms with Crippen LogP contribution >= 0.6 is 0 Å². The fourth-order valence-electron chi connectivity index (χ4n) is 2.33. The molecule has 0 aromatic heterocycles. The molecule has 4 heteroatoms. The summed E-state index contributed by atoms with van der Waals surface area (Å²) >= 11 is 0. The number of amides is 2. The number of nitrogens with one attached hydrogen (secondary N) is 1. The second-order valence-corrected chi connectivity index (χ2v) is 5.59. The van der Waals surface area contributed by atoms with Gasteiger partial charge in [0, 0.05) is 32.1 Å². The molecule has 1 N–H and O–H groups in total. The average molecular weight is 310 g/mol. The van der Waals surface area contributed by atoms with Gasteiger partial charge in [0.05, 0.1) is 0 Å². The Morgan fingerprint density at radius 3 is 2.43 bits per heavy atom. The first-order chi connectivity index (χ1) is 11.0. The third kappa shape index (κ3) is 5.58. The lowest BCUT2D eigenvalue weighted by Gasteiger charge is -2.21. The van der Waals surface area contributed by atoms with E-state index in [9.17, 15) is 9.59 Å². The van der Waals surface area contributed by atoms with Crippen LogP contribution in [0.25, 0.3) is 0 Å². The first-order valence-electron chi connectivity index (χ1n) is 7.70. The molecule has 0 heterocycles. The van der Waals surface area contributed by atoms with Crippen molar-refractivity contribution in [3.8, 4) is 0 Å². The van der Waals surface area contributed by atoms with E-state index in [0.717, 1.165) is 16.8 Å². The molecule has 0 fully saturated rings. The van der Waals surface area contributed by atoms with E-state index in [-0.39, 0.29) is 18.2 Å². The van der Waals surface area contributed by atoms with E-state index in [2.05, 4.69) is 5.32 Å². The molecule has 0 aliphatic carbocycles. The van der Waals surface area contributed by atoms with Crippen LogP contribution in [0.1, 0.15) is 24.5 Å². The van der Waals surface area contributed by atoms with Crippen molar-refractivity contribution in [2.45, 2.75) is 26.8 Å². The Balaban J connectivity index is 1.88. The van der Waals surface area contributed by atoms with E-state index in [1.807, 2.05) is 61.5 Å². The molecular weight excluding hydrogens is 288 g/mol. The number of carbonyl (C=O) groups excluding carboxylic acids is 2. The van der Waals surface area contributed by atoms with Crippen molar-refractivity contribution < 1.29 is 9.59 Å². The minimum Gasteiger partial charge on any atom is -0.338 e. The standard InChI is InChI=1S/C19H22N2O2/c1-15-7-6-10-18(13-15)20-19(23)11-12-21(16(2)22)14-17-8-4-3-5-9-17/h3-10,13H,11-12,14H2,1-2H3,(H,20,23). The lowest BCUT2D eigenvalue weighted by atomic mass is 10.2. The van der Waals surface area contributed by atoms with Crippen LogP contribution in [0.4, 0.5) is 5.69 Å². The second kappa shape index (κ2) is 8.13. The van der Waals surface area contributed by atoms with Gasteiger partial charge in [0.25, 0.3) is 0 Å². The fraction of sp³-hybridized carbons (Fsp3) is 0.263. The molecule has 0 unspecified atom stereocenters. The van der Waals surface area contributed by atoms with Crippen molar-refractivity contribution in [3.05, 3.63) is 65.7 Å². The van der Waals surface area contributed by atoms with Crippen molar-refractivity contribution >= 4 is 17.5 Å². The predicted octanol–water partition coefficient (Wildman–Crippen LogP) is 3.37. The Labute approximate surface area is 137 Å². The normalized spacial score (nSPS) is 10.2. The van der Waals surface area contributed by atoms with Crippen LogP contribution in [0.2, 0.25) is 0 Å².